The lowest BCUT2D eigenvalue weighted by Crippen LogP contribution is -2.64. The van der Waals surface area contributed by atoms with Crippen LogP contribution in [0.5, 0.6) is 0 Å². The van der Waals surface area contributed by atoms with E-state index in [0.717, 1.165) is 0 Å². The molecule has 0 fully saturated rings. The standard InChI is InChI=1S/C18H21F18N/c1-9(19)13(25,26)17(33,34)15(29,30)11(21,22)5-3-7-37-8-4-6-12(23,24)16(31,32)18(35,36)14(27,28)10(2)20/h9-10,37H,3-8H2,1-2H3. The smallest absolute Gasteiger partial charge is 0.317 e. The molecule has 0 aliphatic heterocycles. The highest BCUT2D eigenvalue weighted by Gasteiger charge is 2.82. The summed E-state index contributed by atoms with van der Waals surface area (Å²) < 4.78 is 239. The predicted molar refractivity (Wildman–Crippen MR) is 92.1 cm³/mol. The first-order chi connectivity index (χ1) is 16.1. The minimum Gasteiger partial charge on any atom is -0.317 e. The zero-order chi connectivity index (χ0) is 30.1. The normalized spacial score (nSPS) is 17.2. The third kappa shape index (κ3) is 6.31. The van der Waals surface area contributed by atoms with Crippen molar-refractivity contribution in [2.75, 3.05) is 13.1 Å². The molecular weight excluding hydrogens is 572 g/mol. The first-order valence-electron chi connectivity index (χ1n) is 10.1. The molecule has 0 aliphatic rings. The van der Waals surface area contributed by atoms with Gasteiger partial charge < -0.3 is 5.32 Å². The molecule has 0 aromatic heterocycles. The van der Waals surface area contributed by atoms with Crippen LogP contribution < -0.4 is 5.32 Å². The second kappa shape index (κ2) is 11.1. The monoisotopic (exact) mass is 593 g/mol. The van der Waals surface area contributed by atoms with E-state index in [1.54, 1.807) is 0 Å². The Hall–Kier alpha value is -1.30. The van der Waals surface area contributed by atoms with Gasteiger partial charge in [0.15, 0.2) is 12.3 Å². The molecule has 224 valence electrons. The van der Waals surface area contributed by atoms with Crippen LogP contribution in [0.2, 0.25) is 0 Å². The van der Waals surface area contributed by atoms with Crippen LogP contribution >= 0.6 is 0 Å². The van der Waals surface area contributed by atoms with Gasteiger partial charge in [0.1, 0.15) is 0 Å². The molecule has 1 N–H and O–H groups in total. The Morgan fingerprint density at radius 2 is 0.703 bits per heavy atom. The van der Waals surface area contributed by atoms with Crippen LogP contribution in [0, 0.1) is 0 Å². The van der Waals surface area contributed by atoms with Crippen molar-refractivity contribution in [3.63, 3.8) is 0 Å². The Bertz CT molecular complexity index is 670. The van der Waals surface area contributed by atoms with Crippen molar-refractivity contribution < 1.29 is 79.0 Å². The Morgan fingerprint density at radius 1 is 0.459 bits per heavy atom. The van der Waals surface area contributed by atoms with E-state index in [4.69, 9.17) is 0 Å². The lowest BCUT2D eigenvalue weighted by Gasteiger charge is -2.37. The molecular formula is C18H21F18N. The molecule has 0 saturated carbocycles. The Morgan fingerprint density at radius 3 is 0.919 bits per heavy atom. The average Bonchev–Trinajstić information content (AvgIpc) is 2.71. The van der Waals surface area contributed by atoms with Gasteiger partial charge in [-0.2, -0.15) is 70.2 Å². The van der Waals surface area contributed by atoms with E-state index in [9.17, 15) is 79.0 Å². The van der Waals surface area contributed by atoms with Crippen LogP contribution in [0.15, 0.2) is 0 Å². The second-order valence-electron chi connectivity index (χ2n) is 8.14. The minimum atomic E-state index is -6.85. The summed E-state index contributed by atoms with van der Waals surface area (Å²) in [6, 6.07) is 0. The SMILES string of the molecule is CC(F)C(F)(F)C(F)(F)C(F)(F)C(F)(F)CCCNCCCC(F)(F)C(F)(F)C(F)(F)C(F)(F)C(C)F. The van der Waals surface area contributed by atoms with Crippen LogP contribution in [0.1, 0.15) is 39.5 Å². The summed E-state index contributed by atoms with van der Waals surface area (Å²) in [7, 11) is 0. The van der Waals surface area contributed by atoms with Gasteiger partial charge in [0.25, 0.3) is 0 Å². The number of nitrogens with one attached hydrogen (secondary N) is 1. The van der Waals surface area contributed by atoms with Crippen LogP contribution in [0.4, 0.5) is 79.0 Å². The molecule has 2 unspecified atom stereocenters. The van der Waals surface area contributed by atoms with Crippen molar-refractivity contribution in [3.05, 3.63) is 0 Å². The predicted octanol–water partition coefficient (Wildman–Crippen LogP) is 7.93. The van der Waals surface area contributed by atoms with E-state index >= 15 is 0 Å². The fraction of sp³-hybridized carbons (Fsp3) is 1.00. The summed E-state index contributed by atoms with van der Waals surface area (Å²) >= 11 is 0. The van der Waals surface area contributed by atoms with E-state index in [1.165, 1.54) is 0 Å². The fourth-order valence-corrected chi connectivity index (χ4v) is 2.69. The molecule has 0 saturated heterocycles. The molecule has 0 heterocycles. The van der Waals surface area contributed by atoms with Crippen molar-refractivity contribution in [1.29, 1.82) is 0 Å². The maximum absolute atomic E-state index is 13.6. The van der Waals surface area contributed by atoms with Crippen molar-refractivity contribution in [1.82, 2.24) is 5.32 Å². The first-order valence-corrected chi connectivity index (χ1v) is 10.1. The number of hydrogen-bond acceptors (Lipinski definition) is 1. The first kappa shape index (κ1) is 35.7. The van der Waals surface area contributed by atoms with E-state index in [1.807, 2.05) is 5.32 Å². The van der Waals surface area contributed by atoms with Gasteiger partial charge in [0, 0.05) is 12.8 Å². The molecule has 0 bridgehead atoms. The topological polar surface area (TPSA) is 12.0 Å². The number of alkyl halides is 18. The van der Waals surface area contributed by atoms with E-state index in [2.05, 4.69) is 0 Å². The highest BCUT2D eigenvalue weighted by atomic mass is 19.4. The summed E-state index contributed by atoms with van der Waals surface area (Å²) in [5, 5.41) is 1.86. The zero-order valence-corrected chi connectivity index (χ0v) is 18.7. The van der Waals surface area contributed by atoms with Gasteiger partial charge in [-0.3, -0.25) is 0 Å². The summed E-state index contributed by atoms with van der Waals surface area (Å²) in [6.45, 7) is -2.44. The largest absolute Gasteiger partial charge is 0.381 e. The molecule has 19 heteroatoms. The van der Waals surface area contributed by atoms with Gasteiger partial charge >= 0.3 is 47.4 Å². The lowest BCUT2D eigenvalue weighted by molar-refractivity contribution is -0.375. The van der Waals surface area contributed by atoms with Crippen LogP contribution in [-0.4, -0.2) is 72.8 Å². The molecule has 0 spiro atoms. The summed E-state index contributed by atoms with van der Waals surface area (Å²) in [4.78, 5) is 0. The third-order valence-electron chi connectivity index (χ3n) is 5.23. The average molecular weight is 593 g/mol. The number of rotatable bonds is 16. The Balaban J connectivity index is 5.00. The van der Waals surface area contributed by atoms with Crippen LogP contribution in [0.25, 0.3) is 0 Å². The highest BCUT2D eigenvalue weighted by Crippen LogP contribution is 2.56. The third-order valence-corrected chi connectivity index (χ3v) is 5.23. The molecule has 0 rings (SSSR count). The molecule has 0 aromatic rings. The molecule has 2 atom stereocenters. The second-order valence-corrected chi connectivity index (χ2v) is 8.14. The van der Waals surface area contributed by atoms with E-state index in [0.29, 0.717) is 0 Å². The molecule has 0 radical (unpaired) electrons. The maximum atomic E-state index is 13.6. The van der Waals surface area contributed by atoms with Crippen LogP contribution in [-0.2, 0) is 0 Å². The maximum Gasteiger partial charge on any atom is 0.381 e. The Labute approximate surface area is 197 Å². The molecule has 1 nitrogen and oxygen atoms in total. The van der Waals surface area contributed by atoms with Gasteiger partial charge in [-0.25, -0.2) is 8.78 Å². The van der Waals surface area contributed by atoms with Gasteiger partial charge in [-0.15, -0.1) is 0 Å². The highest BCUT2D eigenvalue weighted by molar-refractivity contribution is 5.06. The van der Waals surface area contributed by atoms with Crippen molar-refractivity contribution in [2.24, 2.45) is 0 Å². The van der Waals surface area contributed by atoms with Gasteiger partial charge in [0.05, 0.1) is 0 Å². The minimum absolute atomic E-state index is 0.278. The number of halogens is 18. The summed E-state index contributed by atoms with van der Waals surface area (Å²) in [6.07, 6.45) is -14.9. The molecule has 0 aliphatic carbocycles. The quantitative estimate of drug-likeness (QED) is 0.142. The van der Waals surface area contributed by atoms with Crippen molar-refractivity contribution in [3.8, 4) is 0 Å². The van der Waals surface area contributed by atoms with Crippen molar-refractivity contribution in [2.45, 2.75) is 99.3 Å². The van der Waals surface area contributed by atoms with E-state index in [-0.39, 0.29) is 13.8 Å². The Kier molecular flexibility index (Phi) is 10.7. The lowest BCUT2D eigenvalue weighted by atomic mass is 9.93. The molecule has 37 heavy (non-hydrogen) atoms. The number of hydrogen-bond donors (Lipinski definition) is 1. The summed E-state index contributed by atoms with van der Waals surface area (Å²) in [5.74, 6) is -51.3. The molecule has 0 amide bonds. The van der Waals surface area contributed by atoms with Crippen LogP contribution in [0.3, 0.4) is 0 Å². The van der Waals surface area contributed by atoms with Gasteiger partial charge in [-0.05, 0) is 39.8 Å². The molecule has 0 aromatic carbocycles. The van der Waals surface area contributed by atoms with E-state index < -0.39 is 98.5 Å². The van der Waals surface area contributed by atoms with Gasteiger partial charge in [-0.1, -0.05) is 0 Å². The van der Waals surface area contributed by atoms with Crippen molar-refractivity contribution >= 4 is 0 Å². The fourth-order valence-electron chi connectivity index (χ4n) is 2.69. The van der Waals surface area contributed by atoms with Gasteiger partial charge in [0.2, 0.25) is 0 Å². The summed E-state index contributed by atoms with van der Waals surface area (Å²) in [5.41, 5.74) is 0. The zero-order valence-electron chi connectivity index (χ0n) is 18.7.